The van der Waals surface area contributed by atoms with Crippen molar-refractivity contribution in [3.63, 3.8) is 0 Å². The van der Waals surface area contributed by atoms with Gasteiger partial charge in [-0.3, -0.25) is 4.90 Å². The Morgan fingerprint density at radius 1 is 0.963 bits per heavy atom. The van der Waals surface area contributed by atoms with Gasteiger partial charge in [-0.05, 0) is 30.7 Å². The Morgan fingerprint density at radius 2 is 1.70 bits per heavy atom. The molecule has 4 rings (SSSR count). The van der Waals surface area contributed by atoms with Gasteiger partial charge in [0.2, 0.25) is 0 Å². The highest BCUT2D eigenvalue weighted by Crippen LogP contribution is 2.29. The minimum atomic E-state index is 0. The largest absolute Gasteiger partial charge is 1.00 e. The van der Waals surface area contributed by atoms with E-state index in [9.17, 15) is 0 Å². The third kappa shape index (κ3) is 4.76. The molecule has 0 saturated carbocycles. The van der Waals surface area contributed by atoms with Crippen molar-refractivity contribution in [2.75, 3.05) is 39.4 Å². The first-order chi connectivity index (χ1) is 12.4. The summed E-state index contributed by atoms with van der Waals surface area (Å²) in [4.78, 5) is 2.47. The molecule has 1 aliphatic heterocycles. The highest BCUT2D eigenvalue weighted by Gasteiger charge is 2.11. The van der Waals surface area contributed by atoms with Gasteiger partial charge in [0.25, 0.3) is 0 Å². The van der Waals surface area contributed by atoms with Crippen LogP contribution in [0.1, 0.15) is 12.5 Å². The van der Waals surface area contributed by atoms with Gasteiger partial charge in [0, 0.05) is 61.1 Å². The number of aromatic nitrogens is 1. The van der Waals surface area contributed by atoms with Crippen LogP contribution in [0.4, 0.5) is 0 Å². The summed E-state index contributed by atoms with van der Waals surface area (Å²) in [7, 11) is 0. The fraction of sp³-hybridized carbons (Fsp3) is 0.429. The van der Waals surface area contributed by atoms with E-state index in [1.54, 1.807) is 0 Å². The summed E-state index contributed by atoms with van der Waals surface area (Å²) in [6.45, 7) is 10.1. The highest BCUT2D eigenvalue weighted by atomic mass is 35.5. The van der Waals surface area contributed by atoms with Crippen molar-refractivity contribution in [2.24, 2.45) is 0 Å². The van der Waals surface area contributed by atoms with Crippen LogP contribution in [-0.4, -0.2) is 48.9 Å². The fourth-order valence-corrected chi connectivity index (χ4v) is 3.85. The molecule has 3 aromatic rings. The monoisotopic (exact) mass is 407 g/mol. The first-order valence-corrected chi connectivity index (χ1v) is 9.37. The number of nitrogens with zero attached hydrogens (tertiary/aromatic N) is 2. The van der Waals surface area contributed by atoms with Crippen LogP contribution in [0.15, 0.2) is 42.5 Å². The molecule has 1 N–H and O–H groups in total. The zero-order chi connectivity index (χ0) is 17.1. The summed E-state index contributed by atoms with van der Waals surface area (Å²) < 4.78 is 7.80. The molecule has 1 saturated heterocycles. The number of hydrogen-bond donors (Lipinski definition) is 1. The molecule has 6 heteroatoms. The summed E-state index contributed by atoms with van der Waals surface area (Å²) in [5, 5.41) is 6.31. The average molecular weight is 408 g/mol. The summed E-state index contributed by atoms with van der Waals surface area (Å²) >= 11 is 0. The molecule has 27 heavy (non-hydrogen) atoms. The van der Waals surface area contributed by atoms with Crippen LogP contribution in [0.5, 0.6) is 0 Å². The molecule has 148 valence electrons. The molecule has 4 nitrogen and oxygen atoms in total. The Balaban J connectivity index is 0.00000131. The van der Waals surface area contributed by atoms with E-state index in [4.69, 9.17) is 4.74 Å². The van der Waals surface area contributed by atoms with Gasteiger partial charge in [0.15, 0.2) is 0 Å². The summed E-state index contributed by atoms with van der Waals surface area (Å²) in [5.74, 6) is 0. The van der Waals surface area contributed by atoms with E-state index >= 15 is 0 Å². The van der Waals surface area contributed by atoms with Crippen LogP contribution < -0.4 is 30.1 Å². The molecule has 0 radical (unpaired) electrons. The predicted molar refractivity (Wildman–Crippen MR) is 104 cm³/mol. The molecular weight excluding hydrogens is 381 g/mol. The third-order valence-electron chi connectivity index (χ3n) is 5.19. The van der Waals surface area contributed by atoms with Gasteiger partial charge in [-0.25, -0.2) is 0 Å². The summed E-state index contributed by atoms with van der Waals surface area (Å²) in [6, 6.07) is 15.6. The van der Waals surface area contributed by atoms with Crippen molar-refractivity contribution < 1.29 is 29.6 Å². The normalized spacial score (nSPS) is 14.9. The Kier molecular flexibility index (Phi) is 8.39. The van der Waals surface area contributed by atoms with Crippen LogP contribution in [0.25, 0.3) is 21.8 Å². The number of ether oxygens (including phenoxy) is 1. The number of aryl methyl sites for hydroxylation is 1. The van der Waals surface area contributed by atoms with Crippen molar-refractivity contribution in [1.29, 1.82) is 0 Å². The minimum absolute atomic E-state index is 0. The number of morpholine rings is 1. The van der Waals surface area contributed by atoms with Crippen molar-refractivity contribution >= 4 is 21.8 Å². The second-order valence-electron chi connectivity index (χ2n) is 6.74. The van der Waals surface area contributed by atoms with Gasteiger partial charge < -0.3 is 39.4 Å². The van der Waals surface area contributed by atoms with Crippen LogP contribution in [-0.2, 0) is 17.8 Å². The maximum Gasteiger partial charge on any atom is 0.0594 e. The highest BCUT2D eigenvalue weighted by molar-refractivity contribution is 6.08. The van der Waals surface area contributed by atoms with Crippen molar-refractivity contribution in [1.82, 2.24) is 14.8 Å². The van der Waals surface area contributed by atoms with Crippen molar-refractivity contribution in [3.8, 4) is 0 Å². The van der Waals surface area contributed by atoms with Crippen molar-refractivity contribution in [3.05, 3.63) is 48.0 Å². The van der Waals surface area contributed by atoms with Gasteiger partial charge in [-0.1, -0.05) is 24.3 Å². The Morgan fingerprint density at radius 3 is 2.48 bits per heavy atom. The molecule has 0 atom stereocenters. The van der Waals surface area contributed by atoms with Gasteiger partial charge in [0.05, 0.1) is 13.2 Å². The smallest absolute Gasteiger partial charge is 0.0594 e. The lowest BCUT2D eigenvalue weighted by Crippen LogP contribution is -3.00. The molecule has 2 heterocycles. The number of para-hydroxylation sites is 1. The quantitative estimate of drug-likeness (QED) is 0.449. The maximum atomic E-state index is 5.40. The molecule has 0 amide bonds. The third-order valence-corrected chi connectivity index (χ3v) is 5.19. The van der Waals surface area contributed by atoms with Crippen LogP contribution in [0.3, 0.4) is 0 Å². The van der Waals surface area contributed by atoms with Gasteiger partial charge in [0.1, 0.15) is 0 Å². The first kappa shape index (κ1) is 22.0. The number of nitrogens with one attached hydrogen (secondary N) is 1. The van der Waals surface area contributed by atoms with E-state index in [1.165, 1.54) is 27.4 Å². The van der Waals surface area contributed by atoms with Gasteiger partial charge in [-0.15, -0.1) is 0 Å². The second kappa shape index (κ2) is 10.3. The van der Waals surface area contributed by atoms with Gasteiger partial charge in [-0.2, -0.15) is 0 Å². The van der Waals surface area contributed by atoms with Crippen LogP contribution in [0.2, 0.25) is 0 Å². The number of rotatable bonds is 6. The zero-order valence-electron chi connectivity index (χ0n) is 15.8. The molecule has 0 spiro atoms. The Hall–Kier alpha value is -1.30. The van der Waals surface area contributed by atoms with Crippen LogP contribution >= 0.6 is 0 Å². The fourth-order valence-electron chi connectivity index (χ4n) is 3.85. The Labute approximate surface area is 173 Å². The number of benzene rings is 2. The van der Waals surface area contributed by atoms with Crippen molar-refractivity contribution in [2.45, 2.75) is 20.0 Å². The molecule has 1 aromatic heterocycles. The lowest BCUT2D eigenvalue weighted by molar-refractivity contribution is -0.00100. The lowest BCUT2D eigenvalue weighted by atomic mass is 10.1. The molecule has 0 bridgehead atoms. The molecule has 1 fully saturated rings. The SMILES string of the molecule is CCn1c2ccccc2c2cc(CNCCN3CCOCC3)ccc21.[Cl-].[Cl-]. The second-order valence-corrected chi connectivity index (χ2v) is 6.74. The van der Waals surface area contributed by atoms with Gasteiger partial charge >= 0.3 is 0 Å². The Bertz CT molecular complexity index is 859. The molecule has 1 aliphatic rings. The van der Waals surface area contributed by atoms with E-state index < -0.39 is 0 Å². The molecule has 2 aromatic carbocycles. The molecule has 0 aliphatic carbocycles. The average Bonchev–Trinajstić information content (AvgIpc) is 2.99. The summed E-state index contributed by atoms with van der Waals surface area (Å²) in [5.41, 5.74) is 4.02. The standard InChI is InChI=1S/C21H27N3O.2ClH/c1-2-24-20-6-4-3-5-18(20)19-15-17(7-8-21(19)24)16-22-9-10-23-11-13-25-14-12-23;;/h3-8,15,22H,2,9-14,16H2,1H3;2*1H/p-2. The first-order valence-electron chi connectivity index (χ1n) is 9.37. The molecule has 0 unspecified atom stereocenters. The van der Waals surface area contributed by atoms with Crippen LogP contribution in [0, 0.1) is 0 Å². The number of halogens is 2. The lowest BCUT2D eigenvalue weighted by Gasteiger charge is -2.26. The minimum Gasteiger partial charge on any atom is -1.00 e. The zero-order valence-corrected chi connectivity index (χ0v) is 17.3. The topological polar surface area (TPSA) is 29.4 Å². The van der Waals surface area contributed by atoms with E-state index in [-0.39, 0.29) is 24.8 Å². The van der Waals surface area contributed by atoms with E-state index in [0.29, 0.717) is 0 Å². The number of hydrogen-bond acceptors (Lipinski definition) is 3. The van der Waals surface area contributed by atoms with E-state index in [2.05, 4.69) is 64.2 Å². The summed E-state index contributed by atoms with van der Waals surface area (Å²) in [6.07, 6.45) is 0. The van der Waals surface area contributed by atoms with E-state index in [0.717, 1.165) is 52.5 Å². The number of fused-ring (bicyclic) bond motifs is 3. The van der Waals surface area contributed by atoms with E-state index in [1.807, 2.05) is 0 Å². The predicted octanol–water partition coefficient (Wildman–Crippen LogP) is -2.76. The molecular formula is C21H27Cl2N3O-2. The maximum absolute atomic E-state index is 5.40.